The molecule has 1 heterocycles. The van der Waals surface area contributed by atoms with Crippen LogP contribution < -0.4 is 23.8 Å². The van der Waals surface area contributed by atoms with E-state index in [9.17, 15) is 17.2 Å². The Bertz CT molecular complexity index is 1330. The molecule has 0 aromatic heterocycles. The third-order valence-electron chi connectivity index (χ3n) is 6.23. The van der Waals surface area contributed by atoms with Gasteiger partial charge in [0.25, 0.3) is 10.0 Å². The maximum absolute atomic E-state index is 14.6. The normalized spacial score (nSPS) is 15.1. The standard InChI is InChI=1S/C26H28F2N2O5S.ClH/c1-33-23-11-10-19(15-25(23)35-3)36(31,32)30(18-12-13-29-16-18)26-17(6-4-9-24(26)34-2)14-20-21(27)7-5-8-22(20)28;/h4-11,15,18,29H,12-14,16H2,1-3H3;1H/t18-;/m0./s1. The molecule has 11 heteroatoms. The Morgan fingerprint density at radius 3 is 2.16 bits per heavy atom. The third kappa shape index (κ3) is 5.61. The first-order valence-corrected chi connectivity index (χ1v) is 12.8. The van der Waals surface area contributed by atoms with Gasteiger partial charge in [0.05, 0.1) is 38.0 Å². The van der Waals surface area contributed by atoms with E-state index in [0.717, 1.165) is 0 Å². The fraction of sp³-hybridized carbons (Fsp3) is 0.308. The Morgan fingerprint density at radius 2 is 1.57 bits per heavy atom. The van der Waals surface area contributed by atoms with Gasteiger partial charge in [0, 0.05) is 24.6 Å². The molecule has 3 aromatic rings. The van der Waals surface area contributed by atoms with E-state index in [0.29, 0.717) is 30.8 Å². The summed E-state index contributed by atoms with van der Waals surface area (Å²) < 4.78 is 75.0. The lowest BCUT2D eigenvalue weighted by Gasteiger charge is -2.33. The van der Waals surface area contributed by atoms with Crippen molar-refractivity contribution < 1.29 is 31.4 Å². The van der Waals surface area contributed by atoms with Crippen LogP contribution in [-0.2, 0) is 16.4 Å². The van der Waals surface area contributed by atoms with Gasteiger partial charge in [-0.25, -0.2) is 17.2 Å². The molecule has 0 saturated carbocycles. The number of halogens is 3. The number of ether oxygens (including phenoxy) is 3. The molecule has 4 rings (SSSR count). The fourth-order valence-electron chi connectivity index (χ4n) is 4.45. The van der Waals surface area contributed by atoms with E-state index in [4.69, 9.17) is 14.2 Å². The van der Waals surface area contributed by atoms with Crippen molar-refractivity contribution in [3.8, 4) is 17.2 Å². The highest BCUT2D eigenvalue weighted by molar-refractivity contribution is 7.92. The Morgan fingerprint density at radius 1 is 0.919 bits per heavy atom. The summed E-state index contributed by atoms with van der Waals surface area (Å²) in [6, 6.07) is 12.5. The van der Waals surface area contributed by atoms with E-state index >= 15 is 0 Å². The van der Waals surface area contributed by atoms with Crippen LogP contribution in [0, 0.1) is 11.6 Å². The van der Waals surface area contributed by atoms with Crippen molar-refractivity contribution in [1.29, 1.82) is 0 Å². The third-order valence-corrected chi connectivity index (χ3v) is 8.08. The van der Waals surface area contributed by atoms with Gasteiger partial charge in [0.2, 0.25) is 0 Å². The highest BCUT2D eigenvalue weighted by atomic mass is 35.5. The van der Waals surface area contributed by atoms with Gasteiger partial charge in [-0.1, -0.05) is 18.2 Å². The minimum Gasteiger partial charge on any atom is -0.495 e. The monoisotopic (exact) mass is 554 g/mol. The fourth-order valence-corrected chi connectivity index (χ4v) is 6.19. The molecule has 1 saturated heterocycles. The largest absolute Gasteiger partial charge is 0.495 e. The highest BCUT2D eigenvalue weighted by Gasteiger charge is 2.37. The van der Waals surface area contributed by atoms with Crippen LogP contribution in [0.15, 0.2) is 59.5 Å². The smallest absolute Gasteiger partial charge is 0.264 e. The maximum atomic E-state index is 14.6. The summed E-state index contributed by atoms with van der Waals surface area (Å²) in [4.78, 5) is -0.0130. The number of benzene rings is 3. The van der Waals surface area contributed by atoms with E-state index < -0.39 is 27.7 Å². The van der Waals surface area contributed by atoms with Crippen LogP contribution in [-0.4, -0.2) is 48.9 Å². The van der Waals surface area contributed by atoms with Gasteiger partial charge in [-0.2, -0.15) is 0 Å². The second-order valence-electron chi connectivity index (χ2n) is 8.31. The second-order valence-corrected chi connectivity index (χ2v) is 10.1. The second kappa shape index (κ2) is 12.0. The zero-order chi connectivity index (χ0) is 25.9. The van der Waals surface area contributed by atoms with Gasteiger partial charge >= 0.3 is 0 Å². The summed E-state index contributed by atoms with van der Waals surface area (Å²) in [6.07, 6.45) is 0.376. The lowest BCUT2D eigenvalue weighted by Crippen LogP contribution is -2.42. The zero-order valence-electron chi connectivity index (χ0n) is 20.7. The molecular weight excluding hydrogens is 526 g/mol. The van der Waals surface area contributed by atoms with Crippen molar-refractivity contribution in [3.63, 3.8) is 0 Å². The summed E-state index contributed by atoms with van der Waals surface area (Å²) in [7, 11) is 0.147. The van der Waals surface area contributed by atoms with Gasteiger partial charge in [-0.3, -0.25) is 4.31 Å². The van der Waals surface area contributed by atoms with Crippen molar-refractivity contribution in [2.24, 2.45) is 0 Å². The SMILES string of the molecule is COc1ccc(S(=O)(=O)N(c2c(Cc3c(F)cccc3F)cccc2OC)[C@H]2CCNC2)cc1OC.Cl. The minimum absolute atomic E-state index is 0. The van der Waals surface area contributed by atoms with Crippen LogP contribution in [0.5, 0.6) is 17.2 Å². The lowest BCUT2D eigenvalue weighted by atomic mass is 10.0. The van der Waals surface area contributed by atoms with Crippen LogP contribution in [0.2, 0.25) is 0 Å². The van der Waals surface area contributed by atoms with Crippen molar-refractivity contribution >= 4 is 28.1 Å². The summed E-state index contributed by atoms with van der Waals surface area (Å²) >= 11 is 0. The van der Waals surface area contributed by atoms with E-state index in [1.807, 2.05) is 0 Å². The molecule has 1 aliphatic heterocycles. The Hall–Kier alpha value is -3.08. The molecule has 0 radical (unpaired) electrons. The van der Waals surface area contributed by atoms with Gasteiger partial charge in [-0.15, -0.1) is 12.4 Å². The minimum atomic E-state index is -4.17. The van der Waals surface area contributed by atoms with Gasteiger partial charge in [0.1, 0.15) is 17.4 Å². The molecule has 0 aliphatic carbocycles. The molecule has 37 heavy (non-hydrogen) atoms. The van der Waals surface area contributed by atoms with Gasteiger partial charge < -0.3 is 19.5 Å². The Balaban J connectivity index is 0.00000380. The van der Waals surface area contributed by atoms with Crippen molar-refractivity contribution in [2.45, 2.75) is 23.8 Å². The molecule has 0 unspecified atom stereocenters. The topological polar surface area (TPSA) is 77.1 Å². The average molecular weight is 555 g/mol. The lowest BCUT2D eigenvalue weighted by molar-refractivity contribution is 0.354. The number of nitrogens with zero attached hydrogens (tertiary/aromatic N) is 1. The molecule has 3 aromatic carbocycles. The van der Waals surface area contributed by atoms with Gasteiger partial charge in [0.15, 0.2) is 11.5 Å². The molecule has 1 fully saturated rings. The number of anilines is 1. The molecular formula is C26H29ClF2N2O5S. The Kier molecular flexibility index (Phi) is 9.22. The number of sulfonamides is 1. The molecule has 7 nitrogen and oxygen atoms in total. The van der Waals surface area contributed by atoms with E-state index in [-0.39, 0.29) is 46.5 Å². The van der Waals surface area contributed by atoms with Crippen LogP contribution in [0.4, 0.5) is 14.5 Å². The van der Waals surface area contributed by atoms with E-state index in [1.54, 1.807) is 18.2 Å². The average Bonchev–Trinajstić information content (AvgIpc) is 3.40. The maximum Gasteiger partial charge on any atom is 0.264 e. The number of nitrogens with one attached hydrogen (secondary N) is 1. The van der Waals surface area contributed by atoms with E-state index in [1.165, 1.54) is 62.0 Å². The molecule has 200 valence electrons. The summed E-state index contributed by atoms with van der Waals surface area (Å²) in [5.41, 5.74) is 0.500. The predicted octanol–water partition coefficient (Wildman–Crippen LogP) is 4.56. The summed E-state index contributed by atoms with van der Waals surface area (Å²) in [5, 5.41) is 3.20. The number of para-hydroxylation sites is 1. The van der Waals surface area contributed by atoms with Crippen LogP contribution in [0.25, 0.3) is 0 Å². The Labute approximate surface area is 221 Å². The summed E-state index contributed by atoms with van der Waals surface area (Å²) in [5.74, 6) is -0.489. The van der Waals surface area contributed by atoms with Crippen molar-refractivity contribution in [1.82, 2.24) is 5.32 Å². The van der Waals surface area contributed by atoms with Crippen molar-refractivity contribution in [3.05, 3.63) is 77.4 Å². The predicted molar refractivity (Wildman–Crippen MR) is 140 cm³/mol. The van der Waals surface area contributed by atoms with Crippen LogP contribution in [0.3, 0.4) is 0 Å². The zero-order valence-corrected chi connectivity index (χ0v) is 22.3. The summed E-state index contributed by atoms with van der Waals surface area (Å²) in [6.45, 7) is 1.02. The van der Waals surface area contributed by atoms with Crippen LogP contribution >= 0.6 is 12.4 Å². The molecule has 0 amide bonds. The highest BCUT2D eigenvalue weighted by Crippen LogP contribution is 2.41. The van der Waals surface area contributed by atoms with Crippen molar-refractivity contribution in [2.75, 3.05) is 38.7 Å². The van der Waals surface area contributed by atoms with E-state index in [2.05, 4.69) is 5.32 Å². The first-order chi connectivity index (χ1) is 17.3. The molecule has 1 aliphatic rings. The van der Waals surface area contributed by atoms with Gasteiger partial charge in [-0.05, 0) is 48.9 Å². The van der Waals surface area contributed by atoms with Crippen LogP contribution in [0.1, 0.15) is 17.5 Å². The number of methoxy groups -OCH3 is 3. The number of hydrogen-bond acceptors (Lipinski definition) is 6. The molecule has 1 atom stereocenters. The number of hydrogen-bond donors (Lipinski definition) is 1. The molecule has 0 spiro atoms. The number of rotatable bonds is 9. The quantitative estimate of drug-likeness (QED) is 0.418. The first-order valence-electron chi connectivity index (χ1n) is 11.4. The molecule has 0 bridgehead atoms. The molecule has 1 N–H and O–H groups in total. The first kappa shape index (κ1) is 28.5.